The fourth-order valence-corrected chi connectivity index (χ4v) is 1.62. The number of hydrogen-bond donors (Lipinski definition) is 2. The first kappa shape index (κ1) is 12.6. The molecule has 15 heavy (non-hydrogen) atoms. The van der Waals surface area contributed by atoms with Crippen molar-refractivity contribution in [2.75, 3.05) is 6.54 Å². The Balaban J connectivity index is 2.39. The van der Waals surface area contributed by atoms with Gasteiger partial charge >= 0.3 is 0 Å². The van der Waals surface area contributed by atoms with Gasteiger partial charge in [-0.25, -0.2) is 0 Å². The zero-order valence-corrected chi connectivity index (χ0v) is 9.77. The minimum atomic E-state index is -0.615. The Kier molecular flexibility index (Phi) is 5.19. The number of hydrogen-bond acceptors (Lipinski definition) is 2. The number of carbonyl (C=O) groups is 2. The Bertz CT molecular complexity index is 246. The maximum Gasteiger partial charge on any atom is 0.242 e. The van der Waals surface area contributed by atoms with Gasteiger partial charge in [0, 0.05) is 13.0 Å². The van der Waals surface area contributed by atoms with E-state index in [1.807, 2.05) is 0 Å². The van der Waals surface area contributed by atoms with Crippen LogP contribution in [0.25, 0.3) is 0 Å². The highest BCUT2D eigenvalue weighted by atomic mass is 35.5. The van der Waals surface area contributed by atoms with Crippen molar-refractivity contribution in [3.05, 3.63) is 0 Å². The minimum absolute atomic E-state index is 0.0686. The molecule has 1 aliphatic heterocycles. The summed E-state index contributed by atoms with van der Waals surface area (Å²) in [4.78, 5) is 22.1. The van der Waals surface area contributed by atoms with Crippen molar-refractivity contribution in [2.24, 2.45) is 0 Å². The molecule has 1 heterocycles. The molecule has 0 aromatic rings. The van der Waals surface area contributed by atoms with Crippen LogP contribution in [0.3, 0.4) is 0 Å². The molecule has 0 aromatic heterocycles. The molecule has 1 atom stereocenters. The van der Waals surface area contributed by atoms with Crippen LogP contribution < -0.4 is 10.6 Å². The Morgan fingerprint density at radius 1 is 1.53 bits per heavy atom. The van der Waals surface area contributed by atoms with Crippen molar-refractivity contribution in [1.82, 2.24) is 10.6 Å². The Morgan fingerprint density at radius 2 is 2.27 bits per heavy atom. The van der Waals surface area contributed by atoms with Crippen LogP contribution in [-0.4, -0.2) is 29.2 Å². The second kappa shape index (κ2) is 6.18. The van der Waals surface area contributed by atoms with Gasteiger partial charge in [0.1, 0.15) is 10.9 Å². The van der Waals surface area contributed by atoms with Crippen LogP contribution in [0.5, 0.6) is 0 Å². The molecule has 0 aliphatic carbocycles. The molecule has 0 spiro atoms. The van der Waals surface area contributed by atoms with Crippen LogP contribution in [0.2, 0.25) is 0 Å². The zero-order valence-electron chi connectivity index (χ0n) is 8.26. The van der Waals surface area contributed by atoms with Crippen molar-refractivity contribution in [1.29, 1.82) is 0 Å². The molecule has 1 fully saturated rings. The van der Waals surface area contributed by atoms with E-state index >= 15 is 0 Å². The fraction of sp³-hybridized carbons (Fsp3) is 0.778. The number of amides is 2. The highest BCUT2D eigenvalue weighted by Crippen LogP contribution is 2.09. The highest BCUT2D eigenvalue weighted by Gasteiger charge is 2.22. The number of alkyl halides is 2. The molecule has 4 nitrogen and oxygen atoms in total. The molecular weight excluding hydrogens is 239 g/mol. The lowest BCUT2D eigenvalue weighted by molar-refractivity contribution is -0.128. The lowest BCUT2D eigenvalue weighted by atomic mass is 10.1. The molecule has 6 heteroatoms. The summed E-state index contributed by atoms with van der Waals surface area (Å²) in [6, 6.07) is -0.438. The van der Waals surface area contributed by atoms with Gasteiger partial charge in [0.2, 0.25) is 11.8 Å². The van der Waals surface area contributed by atoms with Gasteiger partial charge < -0.3 is 10.6 Å². The molecule has 1 saturated heterocycles. The third kappa shape index (κ3) is 4.71. The Labute approximate surface area is 98.7 Å². The molecule has 86 valence electrons. The SMILES string of the molecule is O=C1CCCC[C@@H](C(=O)NCC(Cl)Cl)N1. The molecule has 0 saturated carbocycles. The predicted molar refractivity (Wildman–Crippen MR) is 58.9 cm³/mol. The molecule has 2 N–H and O–H groups in total. The maximum atomic E-state index is 11.6. The summed E-state index contributed by atoms with van der Waals surface area (Å²) in [5, 5.41) is 5.25. The monoisotopic (exact) mass is 252 g/mol. The van der Waals surface area contributed by atoms with Crippen molar-refractivity contribution < 1.29 is 9.59 Å². The van der Waals surface area contributed by atoms with Crippen LogP contribution in [0.1, 0.15) is 25.7 Å². The molecule has 0 bridgehead atoms. The minimum Gasteiger partial charge on any atom is -0.352 e. The van der Waals surface area contributed by atoms with E-state index in [4.69, 9.17) is 23.2 Å². The van der Waals surface area contributed by atoms with Gasteiger partial charge in [0.25, 0.3) is 0 Å². The number of halogens is 2. The van der Waals surface area contributed by atoms with E-state index in [9.17, 15) is 9.59 Å². The average molecular weight is 253 g/mol. The van der Waals surface area contributed by atoms with E-state index in [0.717, 1.165) is 12.8 Å². The predicted octanol–water partition coefficient (Wildman–Crippen LogP) is 0.965. The third-order valence-corrected chi connectivity index (χ3v) is 2.54. The van der Waals surface area contributed by atoms with Crippen molar-refractivity contribution >= 4 is 35.0 Å². The number of carbonyl (C=O) groups excluding carboxylic acids is 2. The zero-order chi connectivity index (χ0) is 11.3. The number of nitrogens with one attached hydrogen (secondary N) is 2. The first-order chi connectivity index (χ1) is 7.09. The summed E-state index contributed by atoms with van der Waals surface area (Å²) in [6.07, 6.45) is 2.88. The largest absolute Gasteiger partial charge is 0.352 e. The molecule has 2 amide bonds. The molecule has 0 aromatic carbocycles. The second-order valence-corrected chi connectivity index (χ2v) is 4.78. The van der Waals surface area contributed by atoms with E-state index in [-0.39, 0.29) is 18.4 Å². The van der Waals surface area contributed by atoms with Gasteiger partial charge in [-0.15, -0.1) is 23.2 Å². The van der Waals surface area contributed by atoms with Crippen LogP contribution >= 0.6 is 23.2 Å². The van der Waals surface area contributed by atoms with Crippen molar-refractivity contribution in [2.45, 2.75) is 36.6 Å². The van der Waals surface area contributed by atoms with E-state index in [2.05, 4.69) is 10.6 Å². The lowest BCUT2D eigenvalue weighted by Gasteiger charge is -2.15. The summed E-state index contributed by atoms with van der Waals surface area (Å²) in [6.45, 7) is 0.203. The van der Waals surface area contributed by atoms with E-state index in [1.165, 1.54) is 0 Å². The first-order valence-corrected chi connectivity index (χ1v) is 5.82. The van der Waals surface area contributed by atoms with Crippen LogP contribution in [-0.2, 0) is 9.59 Å². The summed E-state index contributed by atoms with van der Waals surface area (Å²) >= 11 is 11.0. The first-order valence-electron chi connectivity index (χ1n) is 4.95. The molecule has 1 aliphatic rings. The number of rotatable bonds is 3. The topological polar surface area (TPSA) is 58.2 Å². The summed E-state index contributed by atoms with van der Waals surface area (Å²) < 4.78 is 0. The van der Waals surface area contributed by atoms with E-state index < -0.39 is 10.9 Å². The normalized spacial score (nSPS) is 22.1. The Hall–Kier alpha value is -0.480. The molecule has 0 radical (unpaired) electrons. The van der Waals surface area contributed by atoms with Crippen LogP contribution in [0, 0.1) is 0 Å². The van der Waals surface area contributed by atoms with E-state index in [0.29, 0.717) is 12.8 Å². The molecular formula is C9H14Cl2N2O2. The smallest absolute Gasteiger partial charge is 0.242 e. The molecule has 1 rings (SSSR count). The Morgan fingerprint density at radius 3 is 2.93 bits per heavy atom. The summed E-state index contributed by atoms with van der Waals surface area (Å²) in [7, 11) is 0. The third-order valence-electron chi connectivity index (χ3n) is 2.23. The van der Waals surface area contributed by atoms with Gasteiger partial charge in [0.15, 0.2) is 0 Å². The van der Waals surface area contributed by atoms with Gasteiger partial charge in [0.05, 0.1) is 0 Å². The molecule has 0 unspecified atom stereocenters. The average Bonchev–Trinajstić information content (AvgIpc) is 2.39. The van der Waals surface area contributed by atoms with Gasteiger partial charge in [-0.05, 0) is 12.8 Å². The maximum absolute atomic E-state index is 11.6. The van der Waals surface area contributed by atoms with Gasteiger partial charge in [-0.2, -0.15) is 0 Å². The van der Waals surface area contributed by atoms with Crippen LogP contribution in [0.4, 0.5) is 0 Å². The van der Waals surface area contributed by atoms with Gasteiger partial charge in [-0.3, -0.25) is 9.59 Å². The summed E-state index contributed by atoms with van der Waals surface area (Å²) in [5.41, 5.74) is 0. The lowest BCUT2D eigenvalue weighted by Crippen LogP contribution is -2.46. The van der Waals surface area contributed by atoms with Crippen molar-refractivity contribution in [3.8, 4) is 0 Å². The standard InChI is InChI=1S/C9H14Cl2N2O2/c10-7(11)5-12-9(15)6-3-1-2-4-8(14)13-6/h6-7H,1-5H2,(H,12,15)(H,13,14)/t6-/m0/s1. The second-order valence-electron chi connectivity index (χ2n) is 3.50. The highest BCUT2D eigenvalue weighted by molar-refractivity contribution is 6.44. The quantitative estimate of drug-likeness (QED) is 0.736. The summed E-state index contributed by atoms with van der Waals surface area (Å²) in [5.74, 6) is -0.280. The van der Waals surface area contributed by atoms with Crippen LogP contribution in [0.15, 0.2) is 0 Å². The van der Waals surface area contributed by atoms with Gasteiger partial charge in [-0.1, -0.05) is 6.42 Å². The fourth-order valence-electron chi connectivity index (χ4n) is 1.47. The van der Waals surface area contributed by atoms with Crippen molar-refractivity contribution in [3.63, 3.8) is 0 Å². The van der Waals surface area contributed by atoms with E-state index in [1.54, 1.807) is 0 Å².